The van der Waals surface area contributed by atoms with Gasteiger partial charge < -0.3 is 14.5 Å². The summed E-state index contributed by atoms with van der Waals surface area (Å²) in [5.74, 6) is -0.170. The predicted molar refractivity (Wildman–Crippen MR) is 108 cm³/mol. The maximum absolute atomic E-state index is 13.1. The van der Waals surface area contributed by atoms with E-state index in [4.69, 9.17) is 16.3 Å². The third-order valence-electron chi connectivity index (χ3n) is 5.63. The van der Waals surface area contributed by atoms with Crippen LogP contribution in [0.2, 0.25) is 5.02 Å². The van der Waals surface area contributed by atoms with Crippen molar-refractivity contribution in [3.05, 3.63) is 53.3 Å². The molecule has 0 spiro atoms. The molecule has 2 amide bonds. The second-order valence-electron chi connectivity index (χ2n) is 7.26. The van der Waals surface area contributed by atoms with E-state index in [9.17, 15) is 14.0 Å². The minimum atomic E-state index is -0.390. The first-order valence-electron chi connectivity index (χ1n) is 9.53. The molecule has 0 aliphatic carbocycles. The molecule has 1 atom stereocenters. The highest BCUT2D eigenvalue weighted by Gasteiger charge is 2.46. The van der Waals surface area contributed by atoms with Crippen LogP contribution < -0.4 is 19.4 Å². The van der Waals surface area contributed by atoms with Gasteiger partial charge in [0.1, 0.15) is 11.6 Å². The molecule has 2 aliphatic heterocycles. The second kappa shape index (κ2) is 8.00. The molecule has 2 aromatic rings. The molecule has 4 rings (SSSR count). The van der Waals surface area contributed by atoms with Crippen molar-refractivity contribution >= 4 is 34.8 Å². The van der Waals surface area contributed by atoms with Crippen LogP contribution in [0.3, 0.4) is 0 Å². The van der Waals surface area contributed by atoms with Crippen molar-refractivity contribution in [2.75, 3.05) is 43.1 Å². The Morgan fingerprint density at radius 1 is 1.07 bits per heavy atom. The number of hydrogen-bond donors (Lipinski definition) is 1. The van der Waals surface area contributed by atoms with E-state index in [0.29, 0.717) is 16.5 Å². The molecule has 0 saturated carbocycles. The number of rotatable bonds is 4. The summed E-state index contributed by atoms with van der Waals surface area (Å²) in [6, 6.07) is 10.9. The third kappa shape index (κ3) is 3.80. The number of methoxy groups -OCH3 is 1. The van der Waals surface area contributed by atoms with Gasteiger partial charge in [0.2, 0.25) is 5.91 Å². The quantitative estimate of drug-likeness (QED) is 0.765. The Labute approximate surface area is 173 Å². The lowest BCUT2D eigenvalue weighted by molar-refractivity contribution is -0.915. The Morgan fingerprint density at radius 2 is 1.72 bits per heavy atom. The Hall–Kier alpha value is -2.64. The van der Waals surface area contributed by atoms with Crippen LogP contribution in [0.25, 0.3) is 0 Å². The topological polar surface area (TPSA) is 54.3 Å². The molecule has 1 N–H and O–H groups in total. The van der Waals surface area contributed by atoms with Gasteiger partial charge in [0.15, 0.2) is 6.04 Å². The summed E-state index contributed by atoms with van der Waals surface area (Å²) in [5.41, 5.74) is 1.44. The lowest BCUT2D eigenvalue weighted by Gasteiger charge is -2.35. The van der Waals surface area contributed by atoms with E-state index in [1.54, 1.807) is 30.3 Å². The molecule has 2 aliphatic rings. The number of halogens is 2. The summed E-state index contributed by atoms with van der Waals surface area (Å²) in [7, 11) is 1.51. The Balaban J connectivity index is 1.44. The van der Waals surface area contributed by atoms with Crippen molar-refractivity contribution in [1.29, 1.82) is 0 Å². The largest absolute Gasteiger partial charge is 0.495 e. The average molecular weight is 419 g/mol. The van der Waals surface area contributed by atoms with Gasteiger partial charge in [-0.1, -0.05) is 11.6 Å². The van der Waals surface area contributed by atoms with Crippen molar-refractivity contribution in [3.8, 4) is 5.75 Å². The van der Waals surface area contributed by atoms with E-state index in [-0.39, 0.29) is 24.1 Å². The Morgan fingerprint density at radius 3 is 2.34 bits per heavy atom. The second-order valence-corrected chi connectivity index (χ2v) is 7.67. The molecule has 2 heterocycles. The zero-order valence-electron chi connectivity index (χ0n) is 16.0. The van der Waals surface area contributed by atoms with E-state index < -0.39 is 6.04 Å². The molecule has 29 heavy (non-hydrogen) atoms. The van der Waals surface area contributed by atoms with Crippen molar-refractivity contribution in [3.63, 3.8) is 0 Å². The normalized spacial score (nSPS) is 20.4. The number of ether oxygens (including phenoxy) is 1. The average Bonchev–Trinajstić information content (AvgIpc) is 3.02. The maximum Gasteiger partial charge on any atom is 0.292 e. The molecule has 2 saturated heterocycles. The summed E-state index contributed by atoms with van der Waals surface area (Å²) in [5, 5.41) is 0.356. The maximum atomic E-state index is 13.1. The zero-order valence-corrected chi connectivity index (χ0v) is 16.8. The number of carbonyl (C=O) groups excluding carboxylic acids is 2. The number of piperazine rings is 1. The number of nitrogens with one attached hydrogen (secondary N) is 1. The minimum Gasteiger partial charge on any atom is -0.495 e. The van der Waals surface area contributed by atoms with Crippen LogP contribution >= 0.6 is 11.6 Å². The van der Waals surface area contributed by atoms with Crippen LogP contribution in [0.15, 0.2) is 42.5 Å². The fourth-order valence-corrected chi connectivity index (χ4v) is 4.32. The van der Waals surface area contributed by atoms with Gasteiger partial charge in [-0.2, -0.15) is 0 Å². The van der Waals surface area contributed by atoms with Crippen molar-refractivity contribution < 1.29 is 23.6 Å². The molecular weight excluding hydrogens is 397 g/mol. The molecule has 0 bridgehead atoms. The van der Waals surface area contributed by atoms with Gasteiger partial charge in [0.05, 0.1) is 50.4 Å². The number of quaternary nitrogens is 1. The van der Waals surface area contributed by atoms with Crippen LogP contribution in [-0.4, -0.2) is 51.1 Å². The van der Waals surface area contributed by atoms with Gasteiger partial charge in [0.25, 0.3) is 5.91 Å². The summed E-state index contributed by atoms with van der Waals surface area (Å²) in [4.78, 5) is 30.1. The monoisotopic (exact) mass is 418 g/mol. The van der Waals surface area contributed by atoms with E-state index >= 15 is 0 Å². The smallest absolute Gasteiger partial charge is 0.292 e. The molecule has 8 heteroatoms. The highest BCUT2D eigenvalue weighted by Crippen LogP contribution is 2.31. The first-order valence-corrected chi connectivity index (χ1v) is 9.91. The fourth-order valence-electron chi connectivity index (χ4n) is 4.07. The van der Waals surface area contributed by atoms with Gasteiger partial charge in [0, 0.05) is 5.69 Å². The summed E-state index contributed by atoms with van der Waals surface area (Å²) in [6.45, 7) is 2.96. The summed E-state index contributed by atoms with van der Waals surface area (Å²) < 4.78 is 18.3. The lowest BCUT2D eigenvalue weighted by Crippen LogP contribution is -3.19. The van der Waals surface area contributed by atoms with E-state index in [0.717, 1.165) is 36.8 Å². The van der Waals surface area contributed by atoms with Gasteiger partial charge in [-0.15, -0.1) is 0 Å². The van der Waals surface area contributed by atoms with E-state index in [1.165, 1.54) is 24.1 Å². The van der Waals surface area contributed by atoms with Crippen LogP contribution in [0, 0.1) is 5.82 Å². The van der Waals surface area contributed by atoms with Gasteiger partial charge >= 0.3 is 0 Å². The van der Waals surface area contributed by atoms with Crippen molar-refractivity contribution in [2.24, 2.45) is 0 Å². The molecule has 6 nitrogen and oxygen atoms in total. The minimum absolute atomic E-state index is 0.189. The van der Waals surface area contributed by atoms with Gasteiger partial charge in [-0.25, -0.2) is 9.29 Å². The number of nitrogens with zero attached hydrogens (tertiary/aromatic N) is 2. The van der Waals surface area contributed by atoms with Gasteiger partial charge in [-0.05, 0) is 42.5 Å². The highest BCUT2D eigenvalue weighted by molar-refractivity contribution is 6.32. The summed E-state index contributed by atoms with van der Waals surface area (Å²) in [6.07, 6.45) is 0.189. The first kappa shape index (κ1) is 19.7. The number of carbonyl (C=O) groups is 2. The molecule has 0 unspecified atom stereocenters. The number of benzene rings is 2. The SMILES string of the molecule is COc1ccc(N2C(=O)C[C@@H]([NH+]3CCN(c4ccc(F)cc4)CC3)C2=O)cc1Cl. The van der Waals surface area contributed by atoms with Crippen LogP contribution in [-0.2, 0) is 9.59 Å². The predicted octanol–water partition coefficient (Wildman–Crippen LogP) is 1.52. The third-order valence-corrected chi connectivity index (χ3v) is 5.93. The van der Waals surface area contributed by atoms with Crippen LogP contribution in [0.4, 0.5) is 15.8 Å². The number of amides is 2. The van der Waals surface area contributed by atoms with E-state index in [1.807, 2.05) is 0 Å². The number of imide groups is 1. The Kier molecular flexibility index (Phi) is 5.43. The molecular formula is C21H22ClFN3O3+. The Bertz CT molecular complexity index is 929. The van der Waals surface area contributed by atoms with Crippen LogP contribution in [0.5, 0.6) is 5.75 Å². The summed E-state index contributed by atoms with van der Waals surface area (Å²) >= 11 is 6.16. The molecule has 0 radical (unpaired) electrons. The molecule has 0 aromatic heterocycles. The van der Waals surface area contributed by atoms with Crippen molar-refractivity contribution in [1.82, 2.24) is 0 Å². The van der Waals surface area contributed by atoms with Crippen molar-refractivity contribution in [2.45, 2.75) is 12.5 Å². The molecule has 152 valence electrons. The van der Waals surface area contributed by atoms with Crippen LogP contribution in [0.1, 0.15) is 6.42 Å². The molecule has 2 aromatic carbocycles. The zero-order chi connectivity index (χ0) is 20.5. The lowest BCUT2D eigenvalue weighted by atomic mass is 10.1. The fraction of sp³-hybridized carbons (Fsp3) is 0.333. The molecule has 2 fully saturated rings. The van der Waals surface area contributed by atoms with E-state index in [2.05, 4.69) is 4.90 Å². The van der Waals surface area contributed by atoms with Gasteiger partial charge in [-0.3, -0.25) is 9.59 Å². The first-order chi connectivity index (χ1) is 14.0. The number of anilines is 2. The standard InChI is InChI=1S/C21H21ClFN3O3/c1-29-19-7-6-16(12-17(19)22)26-20(27)13-18(21(26)28)25-10-8-24(9-11-25)15-4-2-14(23)3-5-15/h2-7,12,18H,8-11,13H2,1H3/p+1/t18-/m1/s1. The highest BCUT2D eigenvalue weighted by atomic mass is 35.5. The number of hydrogen-bond acceptors (Lipinski definition) is 4.